The molecule has 0 heterocycles. The second-order valence-electron chi connectivity index (χ2n) is 5.41. The Labute approximate surface area is 146 Å². The largest absolute Gasteiger partial charge is 0.458 e. The fourth-order valence-electron chi connectivity index (χ4n) is 2.32. The summed E-state index contributed by atoms with van der Waals surface area (Å²) in [5.74, 6) is -8.12. The van der Waals surface area contributed by atoms with E-state index in [1.165, 1.54) is 0 Å². The van der Waals surface area contributed by atoms with E-state index >= 15 is 0 Å². The van der Waals surface area contributed by atoms with Gasteiger partial charge in [0.2, 0.25) is 0 Å². The average molecular weight is 401 g/mol. The van der Waals surface area contributed by atoms with Crippen LogP contribution in [0.25, 0.3) is 0 Å². The van der Waals surface area contributed by atoms with Crippen LogP contribution in [0.3, 0.4) is 0 Å². The number of amides is 1. The first-order valence-corrected chi connectivity index (χ1v) is 8.98. The van der Waals surface area contributed by atoms with Crippen LogP contribution in [-0.2, 0) is 22.2 Å². The summed E-state index contributed by atoms with van der Waals surface area (Å²) in [6.07, 6.45) is -5.50. The summed E-state index contributed by atoms with van der Waals surface area (Å²) in [6, 6.07) is 1.65. The number of carbonyl (C=O) groups excluding carboxylic acids is 1. The number of carbonyl (C=O) groups is 1. The van der Waals surface area contributed by atoms with Crippen LogP contribution in [0.5, 0.6) is 0 Å². The van der Waals surface area contributed by atoms with E-state index in [2.05, 4.69) is 4.99 Å². The number of hydrogen-bond acceptors (Lipinski definition) is 3. The molecule has 6 nitrogen and oxygen atoms in total. The zero-order valence-corrected chi connectivity index (χ0v) is 14.5. The number of alkyl halides is 5. The second kappa shape index (κ2) is 7.17. The molecule has 0 aliphatic carbocycles. The molecule has 1 aromatic rings. The maximum absolute atomic E-state index is 14.2. The molecule has 0 aliphatic rings. The van der Waals surface area contributed by atoms with Crippen LogP contribution < -0.4 is 11.5 Å². The lowest BCUT2D eigenvalue weighted by Gasteiger charge is -2.25. The number of benzene rings is 1. The third kappa shape index (κ3) is 4.29. The molecule has 1 rings (SSSR count). The molecule has 1 amide bonds. The summed E-state index contributed by atoms with van der Waals surface area (Å²) in [5, 5.41) is 0. The SMILES string of the molecule is CCCc1ccc(C(=O)N=C(N)N)c(C(F)(F)C(F)(F)F)c1S(C)(=O)=O. The zero-order valence-electron chi connectivity index (χ0n) is 13.7. The molecule has 146 valence electrons. The molecular weight excluding hydrogens is 385 g/mol. The number of aliphatic imine (C=N–C) groups is 1. The van der Waals surface area contributed by atoms with E-state index in [4.69, 9.17) is 11.5 Å². The van der Waals surface area contributed by atoms with Crippen LogP contribution in [0.4, 0.5) is 22.0 Å². The molecule has 0 radical (unpaired) electrons. The van der Waals surface area contributed by atoms with Crippen molar-refractivity contribution in [1.82, 2.24) is 0 Å². The van der Waals surface area contributed by atoms with Crippen LogP contribution in [0.1, 0.15) is 34.8 Å². The minimum Gasteiger partial charge on any atom is -0.370 e. The highest BCUT2D eigenvalue weighted by Crippen LogP contribution is 2.48. The third-order valence-electron chi connectivity index (χ3n) is 3.26. The first-order valence-electron chi connectivity index (χ1n) is 7.09. The third-order valence-corrected chi connectivity index (χ3v) is 4.47. The molecule has 0 fully saturated rings. The van der Waals surface area contributed by atoms with Crippen molar-refractivity contribution in [2.24, 2.45) is 16.5 Å². The molecule has 0 spiro atoms. The molecule has 12 heteroatoms. The summed E-state index contributed by atoms with van der Waals surface area (Å²) >= 11 is 0. The monoisotopic (exact) mass is 401 g/mol. The molecular formula is C14H16F5N3O3S. The summed E-state index contributed by atoms with van der Waals surface area (Å²) in [6.45, 7) is 1.58. The van der Waals surface area contributed by atoms with Gasteiger partial charge in [0.1, 0.15) is 0 Å². The van der Waals surface area contributed by atoms with E-state index in [0.717, 1.165) is 6.07 Å². The Bertz CT molecular complexity index is 844. The molecule has 0 unspecified atom stereocenters. The number of nitrogens with zero attached hydrogens (tertiary/aromatic N) is 1. The van der Waals surface area contributed by atoms with Gasteiger partial charge in [-0.25, -0.2) is 8.42 Å². The number of sulfone groups is 1. The lowest BCUT2D eigenvalue weighted by molar-refractivity contribution is -0.290. The van der Waals surface area contributed by atoms with Gasteiger partial charge in [-0.1, -0.05) is 19.4 Å². The average Bonchev–Trinajstić information content (AvgIpc) is 2.43. The number of nitrogens with two attached hydrogens (primary N) is 2. The van der Waals surface area contributed by atoms with Crippen molar-refractivity contribution in [2.45, 2.75) is 36.8 Å². The fourth-order valence-corrected chi connectivity index (χ4v) is 3.58. The molecule has 0 saturated heterocycles. The number of aryl methyl sites for hydroxylation is 1. The van der Waals surface area contributed by atoms with Gasteiger partial charge in [0.05, 0.1) is 16.0 Å². The lowest BCUT2D eigenvalue weighted by Crippen LogP contribution is -2.37. The van der Waals surface area contributed by atoms with E-state index in [1.807, 2.05) is 0 Å². The van der Waals surface area contributed by atoms with Crippen LogP contribution in [0, 0.1) is 0 Å². The normalized spacial score (nSPS) is 12.7. The Morgan fingerprint density at radius 2 is 1.69 bits per heavy atom. The van der Waals surface area contributed by atoms with Crippen molar-refractivity contribution < 1.29 is 35.2 Å². The first kappa shape index (κ1) is 21.8. The summed E-state index contributed by atoms with van der Waals surface area (Å²) in [4.78, 5) is 13.6. The Balaban J connectivity index is 4.09. The second-order valence-corrected chi connectivity index (χ2v) is 7.37. The van der Waals surface area contributed by atoms with Crippen molar-refractivity contribution in [2.75, 3.05) is 6.26 Å². The predicted molar refractivity (Wildman–Crippen MR) is 83.6 cm³/mol. The molecule has 26 heavy (non-hydrogen) atoms. The molecule has 0 saturated carbocycles. The minimum atomic E-state index is -6.15. The Hall–Kier alpha value is -2.24. The number of guanidine groups is 1. The quantitative estimate of drug-likeness (QED) is 0.445. The highest BCUT2D eigenvalue weighted by molar-refractivity contribution is 7.90. The highest BCUT2D eigenvalue weighted by Gasteiger charge is 2.61. The predicted octanol–water partition coefficient (Wildman–Crippen LogP) is 2.11. The van der Waals surface area contributed by atoms with Crippen molar-refractivity contribution >= 4 is 21.7 Å². The molecule has 1 aromatic carbocycles. The standard InChI is InChI=1S/C14H16F5N3O3S/c1-3-4-7-5-6-8(11(23)22-12(20)21)9(10(7)26(2,24)25)13(15,16)14(17,18)19/h5-6H,3-4H2,1-2H3,(H4,20,21,22,23). The van der Waals surface area contributed by atoms with Gasteiger partial charge in [-0.15, -0.1) is 0 Å². The zero-order chi connectivity index (χ0) is 20.5. The summed E-state index contributed by atoms with van der Waals surface area (Å²) in [7, 11) is -4.56. The minimum absolute atomic E-state index is 0.0971. The number of halogens is 5. The maximum Gasteiger partial charge on any atom is 0.458 e. The van der Waals surface area contributed by atoms with Crippen LogP contribution in [0.2, 0.25) is 0 Å². The van der Waals surface area contributed by atoms with Gasteiger partial charge in [0.15, 0.2) is 15.8 Å². The van der Waals surface area contributed by atoms with Crippen LogP contribution in [-0.4, -0.2) is 32.7 Å². The molecule has 0 bridgehead atoms. The molecule has 0 aliphatic heterocycles. The molecule has 0 atom stereocenters. The van der Waals surface area contributed by atoms with E-state index in [0.29, 0.717) is 12.3 Å². The Morgan fingerprint density at radius 3 is 2.08 bits per heavy atom. The number of rotatable bonds is 5. The molecule has 4 N–H and O–H groups in total. The van der Waals surface area contributed by atoms with E-state index in [-0.39, 0.29) is 18.4 Å². The van der Waals surface area contributed by atoms with Gasteiger partial charge in [-0.3, -0.25) is 4.79 Å². The van der Waals surface area contributed by atoms with E-state index in [1.54, 1.807) is 6.92 Å². The van der Waals surface area contributed by atoms with E-state index < -0.39 is 49.8 Å². The van der Waals surface area contributed by atoms with Crippen molar-refractivity contribution in [1.29, 1.82) is 0 Å². The summed E-state index contributed by atoms with van der Waals surface area (Å²) < 4.78 is 91.3. The van der Waals surface area contributed by atoms with Crippen molar-refractivity contribution in [3.05, 3.63) is 28.8 Å². The molecule has 0 aromatic heterocycles. The van der Waals surface area contributed by atoms with Gasteiger partial charge in [-0.05, 0) is 18.1 Å². The van der Waals surface area contributed by atoms with Gasteiger partial charge < -0.3 is 11.5 Å². The smallest absolute Gasteiger partial charge is 0.370 e. The van der Waals surface area contributed by atoms with Gasteiger partial charge in [0, 0.05) is 6.26 Å². The summed E-state index contributed by atoms with van der Waals surface area (Å²) in [5.41, 5.74) is 6.42. The van der Waals surface area contributed by atoms with Crippen molar-refractivity contribution in [3.8, 4) is 0 Å². The Morgan fingerprint density at radius 1 is 1.15 bits per heavy atom. The fraction of sp³-hybridized carbons (Fsp3) is 0.429. The van der Waals surface area contributed by atoms with Crippen LogP contribution >= 0.6 is 0 Å². The first-order chi connectivity index (χ1) is 11.6. The topological polar surface area (TPSA) is 116 Å². The van der Waals surface area contributed by atoms with Gasteiger partial charge in [-0.2, -0.15) is 26.9 Å². The highest BCUT2D eigenvalue weighted by atomic mass is 32.2. The maximum atomic E-state index is 14.2. The lowest BCUT2D eigenvalue weighted by atomic mass is 9.95. The number of hydrogen-bond donors (Lipinski definition) is 2. The van der Waals surface area contributed by atoms with Gasteiger partial charge in [0.25, 0.3) is 5.91 Å². The van der Waals surface area contributed by atoms with Crippen LogP contribution in [0.15, 0.2) is 22.0 Å². The van der Waals surface area contributed by atoms with Gasteiger partial charge >= 0.3 is 12.1 Å². The van der Waals surface area contributed by atoms with Crippen molar-refractivity contribution in [3.63, 3.8) is 0 Å². The Kier molecular flexibility index (Phi) is 6.02. The van der Waals surface area contributed by atoms with E-state index in [9.17, 15) is 35.2 Å².